The standard InChI is InChI=1S/C15H21BrN2O3/c1-10(14(19)20)9-18(3)15(21)17-11(2)8-12-4-6-13(16)7-5-12/h4-7,10-11H,8-9H2,1-3H3,(H,17,21)(H,19,20). The highest BCUT2D eigenvalue weighted by atomic mass is 79.9. The number of rotatable bonds is 6. The van der Waals surface area contributed by atoms with Gasteiger partial charge in [0.15, 0.2) is 0 Å². The molecule has 6 heteroatoms. The maximum atomic E-state index is 12.0. The van der Waals surface area contributed by atoms with E-state index in [-0.39, 0.29) is 18.6 Å². The SMILES string of the molecule is CC(Cc1ccc(Br)cc1)NC(=O)N(C)CC(C)C(=O)O. The summed E-state index contributed by atoms with van der Waals surface area (Å²) < 4.78 is 1.02. The highest BCUT2D eigenvalue weighted by molar-refractivity contribution is 9.10. The Bertz CT molecular complexity index is 490. The molecule has 1 aromatic rings. The molecule has 5 nitrogen and oxygen atoms in total. The molecule has 0 aliphatic heterocycles. The van der Waals surface area contributed by atoms with Gasteiger partial charge in [-0.15, -0.1) is 0 Å². The number of carbonyl (C=O) groups is 2. The van der Waals surface area contributed by atoms with Crippen molar-refractivity contribution in [2.75, 3.05) is 13.6 Å². The highest BCUT2D eigenvalue weighted by Gasteiger charge is 2.18. The van der Waals surface area contributed by atoms with Crippen molar-refractivity contribution >= 4 is 27.9 Å². The number of hydrogen-bond donors (Lipinski definition) is 2. The molecule has 0 spiro atoms. The van der Waals surface area contributed by atoms with Crippen LogP contribution >= 0.6 is 15.9 Å². The number of halogens is 1. The van der Waals surface area contributed by atoms with Gasteiger partial charge < -0.3 is 15.3 Å². The molecule has 116 valence electrons. The molecule has 21 heavy (non-hydrogen) atoms. The van der Waals surface area contributed by atoms with Gasteiger partial charge in [-0.3, -0.25) is 4.79 Å². The van der Waals surface area contributed by atoms with Crippen LogP contribution in [0.15, 0.2) is 28.7 Å². The summed E-state index contributed by atoms with van der Waals surface area (Å²) >= 11 is 3.38. The van der Waals surface area contributed by atoms with E-state index in [0.717, 1.165) is 16.5 Å². The number of carboxylic acid groups (broad SMARTS) is 1. The summed E-state index contributed by atoms with van der Waals surface area (Å²) in [5.74, 6) is -1.49. The van der Waals surface area contributed by atoms with Crippen molar-refractivity contribution in [3.63, 3.8) is 0 Å². The van der Waals surface area contributed by atoms with Crippen molar-refractivity contribution in [1.82, 2.24) is 10.2 Å². The van der Waals surface area contributed by atoms with Crippen LogP contribution in [0, 0.1) is 5.92 Å². The molecule has 0 fully saturated rings. The number of hydrogen-bond acceptors (Lipinski definition) is 2. The zero-order chi connectivity index (χ0) is 16.0. The molecule has 0 saturated heterocycles. The second kappa shape index (κ2) is 8.02. The Kier molecular flexibility index (Phi) is 6.68. The molecular weight excluding hydrogens is 336 g/mol. The van der Waals surface area contributed by atoms with Gasteiger partial charge in [0.2, 0.25) is 0 Å². The third kappa shape index (κ3) is 6.16. The van der Waals surface area contributed by atoms with E-state index in [9.17, 15) is 9.59 Å². The molecule has 2 amide bonds. The summed E-state index contributed by atoms with van der Waals surface area (Å²) in [7, 11) is 1.60. The molecule has 0 aromatic heterocycles. The largest absolute Gasteiger partial charge is 0.481 e. The van der Waals surface area contributed by atoms with Crippen LogP contribution in [0.25, 0.3) is 0 Å². The van der Waals surface area contributed by atoms with E-state index < -0.39 is 11.9 Å². The van der Waals surface area contributed by atoms with Crippen LogP contribution in [0.5, 0.6) is 0 Å². The quantitative estimate of drug-likeness (QED) is 0.823. The first kappa shape index (κ1) is 17.5. The lowest BCUT2D eigenvalue weighted by Crippen LogP contribution is -2.44. The maximum Gasteiger partial charge on any atom is 0.317 e. The predicted octanol–water partition coefficient (Wildman–Crippen LogP) is 2.74. The summed E-state index contributed by atoms with van der Waals surface area (Å²) in [5, 5.41) is 11.7. The predicted molar refractivity (Wildman–Crippen MR) is 85.3 cm³/mol. The first-order valence-electron chi connectivity index (χ1n) is 6.78. The van der Waals surface area contributed by atoms with E-state index in [0.29, 0.717) is 0 Å². The number of amides is 2. The number of carbonyl (C=O) groups excluding carboxylic acids is 1. The van der Waals surface area contributed by atoms with Gasteiger partial charge in [-0.25, -0.2) is 4.79 Å². The third-order valence-electron chi connectivity index (χ3n) is 3.14. The van der Waals surface area contributed by atoms with Gasteiger partial charge in [-0.2, -0.15) is 0 Å². The van der Waals surface area contributed by atoms with Gasteiger partial charge in [-0.05, 0) is 31.0 Å². The van der Waals surface area contributed by atoms with Crippen molar-refractivity contribution < 1.29 is 14.7 Å². The Labute approximate surface area is 133 Å². The molecular formula is C15H21BrN2O3. The van der Waals surface area contributed by atoms with Crippen molar-refractivity contribution in [2.24, 2.45) is 5.92 Å². The average Bonchev–Trinajstić information content (AvgIpc) is 2.40. The molecule has 0 radical (unpaired) electrons. The number of benzene rings is 1. The van der Waals surface area contributed by atoms with Crippen molar-refractivity contribution in [3.8, 4) is 0 Å². The monoisotopic (exact) mass is 356 g/mol. The molecule has 2 atom stereocenters. The molecule has 1 rings (SSSR count). The maximum absolute atomic E-state index is 12.0. The van der Waals surface area contributed by atoms with Gasteiger partial charge in [0.25, 0.3) is 0 Å². The molecule has 0 saturated carbocycles. The van der Waals surface area contributed by atoms with E-state index in [2.05, 4.69) is 21.2 Å². The van der Waals surface area contributed by atoms with E-state index in [1.54, 1.807) is 14.0 Å². The van der Waals surface area contributed by atoms with Crippen LogP contribution < -0.4 is 5.32 Å². The van der Waals surface area contributed by atoms with E-state index in [1.165, 1.54) is 4.90 Å². The molecule has 2 N–H and O–H groups in total. The average molecular weight is 357 g/mol. The summed E-state index contributed by atoms with van der Waals surface area (Å²) in [5.41, 5.74) is 1.13. The Balaban J connectivity index is 2.46. The summed E-state index contributed by atoms with van der Waals surface area (Å²) in [6.07, 6.45) is 0.724. The van der Waals surface area contributed by atoms with Gasteiger partial charge in [0.1, 0.15) is 0 Å². The summed E-state index contributed by atoms with van der Waals surface area (Å²) in [6, 6.07) is 7.65. The first-order valence-corrected chi connectivity index (χ1v) is 7.57. The molecule has 0 aliphatic carbocycles. The summed E-state index contributed by atoms with van der Waals surface area (Å²) in [4.78, 5) is 24.2. The van der Waals surface area contributed by atoms with Gasteiger partial charge in [-0.1, -0.05) is 35.0 Å². The molecule has 1 aromatic carbocycles. The Morgan fingerprint density at radius 3 is 2.38 bits per heavy atom. The Morgan fingerprint density at radius 2 is 1.86 bits per heavy atom. The van der Waals surface area contributed by atoms with Gasteiger partial charge in [0.05, 0.1) is 5.92 Å². The number of aliphatic carboxylic acids is 1. The first-order chi connectivity index (χ1) is 9.79. The van der Waals surface area contributed by atoms with Crippen LogP contribution in [0.2, 0.25) is 0 Å². The number of urea groups is 1. The minimum atomic E-state index is -0.905. The van der Waals surface area contributed by atoms with Crippen molar-refractivity contribution in [2.45, 2.75) is 26.3 Å². The van der Waals surface area contributed by atoms with Crippen molar-refractivity contribution in [3.05, 3.63) is 34.3 Å². The van der Waals surface area contributed by atoms with Crippen LogP contribution in [-0.2, 0) is 11.2 Å². The lowest BCUT2D eigenvalue weighted by molar-refractivity contribution is -0.141. The van der Waals surface area contributed by atoms with E-state index in [4.69, 9.17) is 5.11 Å². The fraction of sp³-hybridized carbons (Fsp3) is 0.467. The number of carboxylic acids is 1. The van der Waals surface area contributed by atoms with E-state index >= 15 is 0 Å². The minimum absolute atomic E-state index is 0.0266. The number of nitrogens with zero attached hydrogens (tertiary/aromatic N) is 1. The Morgan fingerprint density at radius 1 is 1.29 bits per heavy atom. The lowest BCUT2D eigenvalue weighted by atomic mass is 10.1. The fourth-order valence-corrected chi connectivity index (χ4v) is 2.18. The minimum Gasteiger partial charge on any atom is -0.481 e. The molecule has 0 heterocycles. The van der Waals surface area contributed by atoms with Crippen LogP contribution in [-0.4, -0.2) is 41.6 Å². The zero-order valence-corrected chi connectivity index (χ0v) is 14.1. The third-order valence-corrected chi connectivity index (χ3v) is 3.67. The normalized spacial score (nSPS) is 13.3. The van der Waals surface area contributed by atoms with Crippen LogP contribution in [0.3, 0.4) is 0 Å². The van der Waals surface area contributed by atoms with Crippen LogP contribution in [0.4, 0.5) is 4.79 Å². The smallest absolute Gasteiger partial charge is 0.317 e. The zero-order valence-electron chi connectivity index (χ0n) is 12.5. The van der Waals surface area contributed by atoms with Crippen LogP contribution in [0.1, 0.15) is 19.4 Å². The van der Waals surface area contributed by atoms with E-state index in [1.807, 2.05) is 31.2 Å². The number of nitrogens with one attached hydrogen (secondary N) is 1. The van der Waals surface area contributed by atoms with Crippen molar-refractivity contribution in [1.29, 1.82) is 0 Å². The highest BCUT2D eigenvalue weighted by Crippen LogP contribution is 2.12. The second-order valence-electron chi connectivity index (χ2n) is 5.30. The van der Waals surface area contributed by atoms with Gasteiger partial charge >= 0.3 is 12.0 Å². The molecule has 0 aliphatic rings. The fourth-order valence-electron chi connectivity index (χ4n) is 1.92. The topological polar surface area (TPSA) is 69.6 Å². The second-order valence-corrected chi connectivity index (χ2v) is 6.22. The Hall–Kier alpha value is -1.56. The van der Waals surface area contributed by atoms with Gasteiger partial charge in [0, 0.05) is 24.1 Å². The summed E-state index contributed by atoms with van der Waals surface area (Å²) in [6.45, 7) is 3.69. The molecule has 0 bridgehead atoms. The lowest BCUT2D eigenvalue weighted by Gasteiger charge is -2.23. The molecule has 2 unspecified atom stereocenters.